The van der Waals surface area contributed by atoms with Gasteiger partial charge in [0.1, 0.15) is 11.9 Å². The van der Waals surface area contributed by atoms with Crippen LogP contribution in [0.5, 0.6) is 11.5 Å². The van der Waals surface area contributed by atoms with Gasteiger partial charge >= 0.3 is 6.29 Å². The average molecular weight is 478 g/mol. The topological polar surface area (TPSA) is 97.7 Å². The zero-order valence-electron chi connectivity index (χ0n) is 19.9. The zero-order valence-corrected chi connectivity index (χ0v) is 19.9. The van der Waals surface area contributed by atoms with Gasteiger partial charge in [-0.2, -0.15) is 0 Å². The molecule has 0 saturated heterocycles. The number of hydrogen-bond donors (Lipinski definition) is 2. The van der Waals surface area contributed by atoms with Crippen molar-refractivity contribution in [3.05, 3.63) is 29.6 Å². The summed E-state index contributed by atoms with van der Waals surface area (Å²) in [6.07, 6.45) is -2.90. The molecule has 0 radical (unpaired) electrons. The smallest absolute Gasteiger partial charge is 0.395 e. The first-order chi connectivity index (χ1) is 15.9. The molecule has 3 heterocycles. The number of aromatic nitrogens is 2. The van der Waals surface area contributed by atoms with E-state index in [1.165, 1.54) is 19.2 Å². The number of ether oxygens (including phenoxy) is 2. The number of carbonyl (C=O) groups is 2. The monoisotopic (exact) mass is 477 g/mol. The lowest BCUT2D eigenvalue weighted by atomic mass is 9.86. The van der Waals surface area contributed by atoms with E-state index in [2.05, 4.69) is 30.0 Å². The van der Waals surface area contributed by atoms with Crippen LogP contribution in [-0.4, -0.2) is 59.2 Å². The first-order valence-electron chi connectivity index (χ1n) is 11.1. The molecule has 2 aliphatic rings. The first kappa shape index (κ1) is 23.9. The molecule has 2 N–H and O–H groups in total. The summed E-state index contributed by atoms with van der Waals surface area (Å²) in [5, 5.41) is 5.43. The molecule has 1 aromatic carbocycles. The summed E-state index contributed by atoms with van der Waals surface area (Å²) in [6, 6.07) is 3.67. The number of hydrogen-bond acceptors (Lipinski definition) is 6. The second-order valence-electron chi connectivity index (χ2n) is 9.69. The van der Waals surface area contributed by atoms with Gasteiger partial charge in [0.25, 0.3) is 5.91 Å². The Labute approximate surface area is 196 Å². The van der Waals surface area contributed by atoms with E-state index in [9.17, 15) is 18.4 Å². The number of alkyl halides is 2. The van der Waals surface area contributed by atoms with Gasteiger partial charge in [0.2, 0.25) is 5.91 Å². The fourth-order valence-electron chi connectivity index (χ4n) is 4.23. The van der Waals surface area contributed by atoms with Crippen molar-refractivity contribution in [2.75, 3.05) is 20.6 Å². The third kappa shape index (κ3) is 4.56. The Balaban J connectivity index is 1.75. The lowest BCUT2D eigenvalue weighted by Gasteiger charge is -2.29. The van der Waals surface area contributed by atoms with Crippen LogP contribution in [-0.2, 0) is 17.9 Å². The third-order valence-corrected chi connectivity index (χ3v) is 5.94. The van der Waals surface area contributed by atoms with Crippen LogP contribution in [0, 0.1) is 5.41 Å². The highest BCUT2D eigenvalue weighted by Gasteiger charge is 2.43. The molecule has 2 aromatic rings. The zero-order chi connectivity index (χ0) is 24.8. The standard InChI is InChI=1S/C23H29F2N5O4/c1-22(2,3)18(21(32)26-4)28-20(31)17-14-12-29(5)9-6-10-30(14)19(27-17)13-7-8-15-16(11-13)34-23(24,25)33-15/h7-8,11,18H,6,9-10,12H2,1-5H3,(H,26,32)(H,28,31)/t18-/m1/s1. The van der Waals surface area contributed by atoms with E-state index in [4.69, 9.17) is 0 Å². The van der Waals surface area contributed by atoms with Gasteiger partial charge in [-0.25, -0.2) is 4.98 Å². The van der Waals surface area contributed by atoms with Crippen molar-refractivity contribution in [2.45, 2.75) is 52.6 Å². The Kier molecular flexibility index (Phi) is 6.01. The number of carbonyl (C=O) groups excluding carboxylic acids is 2. The van der Waals surface area contributed by atoms with Gasteiger partial charge in [0, 0.05) is 25.7 Å². The fourth-order valence-corrected chi connectivity index (χ4v) is 4.23. The van der Waals surface area contributed by atoms with Crippen LogP contribution in [0.25, 0.3) is 11.4 Å². The molecule has 1 aromatic heterocycles. The predicted octanol–water partition coefficient (Wildman–Crippen LogP) is 2.60. The van der Waals surface area contributed by atoms with Crippen molar-refractivity contribution in [3.8, 4) is 22.9 Å². The largest absolute Gasteiger partial charge is 0.586 e. The average Bonchev–Trinajstić information content (AvgIpc) is 3.18. The summed E-state index contributed by atoms with van der Waals surface area (Å²) in [5.74, 6) is -0.470. The molecule has 11 heteroatoms. The number of halogens is 2. The molecule has 0 fully saturated rings. The maximum Gasteiger partial charge on any atom is 0.586 e. The normalized spacial score (nSPS) is 18.1. The van der Waals surface area contributed by atoms with Crippen molar-refractivity contribution < 1.29 is 27.8 Å². The van der Waals surface area contributed by atoms with Crippen LogP contribution < -0.4 is 20.1 Å². The van der Waals surface area contributed by atoms with E-state index < -0.39 is 23.7 Å². The van der Waals surface area contributed by atoms with Crippen molar-refractivity contribution in [3.63, 3.8) is 0 Å². The Hall–Kier alpha value is -3.21. The molecule has 0 unspecified atom stereocenters. The number of nitrogens with one attached hydrogen (secondary N) is 2. The second kappa shape index (κ2) is 8.53. The lowest BCUT2D eigenvalue weighted by Crippen LogP contribution is -2.53. The molecule has 2 aliphatic heterocycles. The van der Waals surface area contributed by atoms with Crippen LogP contribution in [0.2, 0.25) is 0 Å². The van der Waals surface area contributed by atoms with Gasteiger partial charge in [-0.1, -0.05) is 20.8 Å². The van der Waals surface area contributed by atoms with Crippen LogP contribution >= 0.6 is 0 Å². The van der Waals surface area contributed by atoms with Crippen LogP contribution in [0.4, 0.5) is 8.78 Å². The number of likely N-dealkylation sites (N-methyl/N-ethyl adjacent to an activating group) is 1. The molecule has 0 bridgehead atoms. The lowest BCUT2D eigenvalue weighted by molar-refractivity contribution is -0.286. The number of rotatable bonds is 4. The summed E-state index contributed by atoms with van der Waals surface area (Å²) in [5.41, 5.74) is 0.878. The fraction of sp³-hybridized carbons (Fsp3) is 0.522. The second-order valence-corrected chi connectivity index (χ2v) is 9.69. The van der Waals surface area contributed by atoms with E-state index in [0.717, 1.165) is 13.0 Å². The SMILES string of the molecule is CNC(=O)[C@@H](NC(=O)c1nc(-c2ccc3c(c2)OC(F)(F)O3)n2c1CN(C)CCC2)C(C)(C)C. The van der Waals surface area contributed by atoms with Gasteiger partial charge in [-0.05, 0) is 43.6 Å². The molecule has 4 rings (SSSR count). The van der Waals surface area contributed by atoms with Gasteiger partial charge in [0.15, 0.2) is 17.2 Å². The summed E-state index contributed by atoms with van der Waals surface area (Å²) in [6.45, 7) is 7.47. The molecule has 0 aliphatic carbocycles. The minimum Gasteiger partial charge on any atom is -0.395 e. The van der Waals surface area contributed by atoms with E-state index in [-0.39, 0.29) is 23.1 Å². The molecule has 0 saturated carbocycles. The maximum absolute atomic E-state index is 13.5. The quantitative estimate of drug-likeness (QED) is 0.703. The Morgan fingerprint density at radius 1 is 1.18 bits per heavy atom. The van der Waals surface area contributed by atoms with Crippen LogP contribution in [0.15, 0.2) is 18.2 Å². The summed E-state index contributed by atoms with van der Waals surface area (Å²) < 4.78 is 38.0. The van der Waals surface area contributed by atoms with Crippen molar-refractivity contribution >= 4 is 11.8 Å². The minimum absolute atomic E-state index is 0.0623. The van der Waals surface area contributed by atoms with Crippen molar-refractivity contribution in [1.29, 1.82) is 0 Å². The van der Waals surface area contributed by atoms with Gasteiger partial charge in [0.05, 0.1) is 5.69 Å². The Bertz CT molecular complexity index is 1130. The number of imidazole rings is 1. The molecule has 9 nitrogen and oxygen atoms in total. The summed E-state index contributed by atoms with van der Waals surface area (Å²) in [4.78, 5) is 32.6. The van der Waals surface area contributed by atoms with E-state index in [1.807, 2.05) is 32.4 Å². The molecule has 34 heavy (non-hydrogen) atoms. The Morgan fingerprint density at radius 3 is 2.56 bits per heavy atom. The minimum atomic E-state index is -3.72. The van der Waals surface area contributed by atoms with Gasteiger partial charge in [-0.3, -0.25) is 9.59 Å². The van der Waals surface area contributed by atoms with E-state index in [1.54, 1.807) is 6.07 Å². The Morgan fingerprint density at radius 2 is 1.88 bits per heavy atom. The molecular formula is C23H29F2N5O4. The molecule has 184 valence electrons. The highest BCUT2D eigenvalue weighted by atomic mass is 19.3. The van der Waals surface area contributed by atoms with Gasteiger partial charge < -0.3 is 29.6 Å². The van der Waals surface area contributed by atoms with E-state index in [0.29, 0.717) is 30.2 Å². The highest BCUT2D eigenvalue weighted by Crippen LogP contribution is 2.43. The molecule has 2 amide bonds. The number of benzene rings is 1. The number of amides is 2. The maximum atomic E-state index is 13.5. The molecule has 0 spiro atoms. The van der Waals surface area contributed by atoms with Crippen molar-refractivity contribution in [1.82, 2.24) is 25.1 Å². The highest BCUT2D eigenvalue weighted by molar-refractivity contribution is 5.98. The number of fused-ring (bicyclic) bond motifs is 2. The van der Waals surface area contributed by atoms with E-state index >= 15 is 0 Å². The predicted molar refractivity (Wildman–Crippen MR) is 120 cm³/mol. The molecular weight excluding hydrogens is 448 g/mol. The van der Waals surface area contributed by atoms with Crippen LogP contribution in [0.1, 0.15) is 43.4 Å². The third-order valence-electron chi connectivity index (χ3n) is 5.94. The number of nitrogens with zero attached hydrogens (tertiary/aromatic N) is 3. The summed E-state index contributed by atoms with van der Waals surface area (Å²) in [7, 11) is 3.47. The van der Waals surface area contributed by atoms with Crippen molar-refractivity contribution in [2.24, 2.45) is 5.41 Å². The van der Waals surface area contributed by atoms with Crippen LogP contribution in [0.3, 0.4) is 0 Å². The van der Waals surface area contributed by atoms with Gasteiger partial charge in [-0.15, -0.1) is 8.78 Å². The summed E-state index contributed by atoms with van der Waals surface area (Å²) >= 11 is 0. The molecule has 1 atom stereocenters. The first-order valence-corrected chi connectivity index (χ1v) is 11.1.